The van der Waals surface area contributed by atoms with Gasteiger partial charge >= 0.3 is 0 Å². The first kappa shape index (κ1) is 11.8. The summed E-state index contributed by atoms with van der Waals surface area (Å²) in [5, 5.41) is 18.0. The molecule has 5 heteroatoms. The fraction of sp³-hybridized carbons (Fsp3) is 0.300. The lowest BCUT2D eigenvalue weighted by Gasteiger charge is -2.12. The van der Waals surface area contributed by atoms with E-state index in [2.05, 4.69) is 15.9 Å². The van der Waals surface area contributed by atoms with Gasteiger partial charge in [0, 0.05) is 10.0 Å². The summed E-state index contributed by atoms with van der Waals surface area (Å²) >= 11 is 3.25. The molecule has 0 aliphatic carbocycles. The summed E-state index contributed by atoms with van der Waals surface area (Å²) in [5.41, 5.74) is 0.454. The van der Waals surface area contributed by atoms with Gasteiger partial charge in [-0.05, 0) is 12.1 Å². The lowest BCUT2D eigenvalue weighted by atomic mass is 10.1. The van der Waals surface area contributed by atoms with E-state index in [1.165, 1.54) is 14.2 Å². The molecule has 15 heavy (non-hydrogen) atoms. The summed E-state index contributed by atoms with van der Waals surface area (Å²) in [7, 11) is 3.01. The Hall–Kier alpha value is -1.25. The van der Waals surface area contributed by atoms with E-state index in [-0.39, 0.29) is 0 Å². The zero-order chi connectivity index (χ0) is 11.4. The minimum atomic E-state index is -1.18. The van der Waals surface area contributed by atoms with E-state index in [9.17, 15) is 5.11 Å². The van der Waals surface area contributed by atoms with Crippen LogP contribution in [0.15, 0.2) is 16.6 Å². The first-order valence-electron chi connectivity index (χ1n) is 4.13. The largest absolute Gasteiger partial charge is 0.493 e. The van der Waals surface area contributed by atoms with Crippen molar-refractivity contribution >= 4 is 15.9 Å². The minimum absolute atomic E-state index is 0.454. The maximum absolute atomic E-state index is 9.41. The molecule has 1 rings (SSSR count). The predicted molar refractivity (Wildman–Crippen MR) is 57.8 cm³/mol. The quantitative estimate of drug-likeness (QED) is 0.855. The lowest BCUT2D eigenvalue weighted by molar-refractivity contribution is 0.234. The van der Waals surface area contributed by atoms with Crippen molar-refractivity contribution in [1.82, 2.24) is 0 Å². The molecular formula is C10H10BrNO3. The summed E-state index contributed by atoms with van der Waals surface area (Å²) in [6, 6.07) is 4.95. The number of rotatable bonds is 3. The Morgan fingerprint density at radius 1 is 1.33 bits per heavy atom. The number of nitriles is 1. The molecule has 0 heterocycles. The predicted octanol–water partition coefficient (Wildman–Crippen LogP) is 2.02. The van der Waals surface area contributed by atoms with Crippen LogP contribution < -0.4 is 9.47 Å². The lowest BCUT2D eigenvalue weighted by Crippen LogP contribution is -1.98. The van der Waals surface area contributed by atoms with Crippen LogP contribution in [-0.4, -0.2) is 19.3 Å². The van der Waals surface area contributed by atoms with Crippen LogP contribution in [0.4, 0.5) is 0 Å². The van der Waals surface area contributed by atoms with Gasteiger partial charge in [0.15, 0.2) is 17.6 Å². The Morgan fingerprint density at radius 2 is 1.87 bits per heavy atom. The maximum atomic E-state index is 9.41. The molecule has 0 amide bonds. The molecule has 0 aromatic heterocycles. The molecule has 0 spiro atoms. The highest BCUT2D eigenvalue weighted by molar-refractivity contribution is 9.10. The Morgan fingerprint density at radius 3 is 2.33 bits per heavy atom. The summed E-state index contributed by atoms with van der Waals surface area (Å²) in [4.78, 5) is 0. The monoisotopic (exact) mass is 271 g/mol. The molecule has 0 saturated heterocycles. The summed E-state index contributed by atoms with van der Waals surface area (Å²) in [6.45, 7) is 0. The van der Waals surface area contributed by atoms with Crippen LogP contribution in [-0.2, 0) is 0 Å². The fourth-order valence-electron chi connectivity index (χ4n) is 1.15. The Labute approximate surface area is 96.2 Å². The van der Waals surface area contributed by atoms with E-state index in [1.807, 2.05) is 0 Å². The zero-order valence-electron chi connectivity index (χ0n) is 8.32. The van der Waals surface area contributed by atoms with Crippen LogP contribution in [0.5, 0.6) is 11.5 Å². The SMILES string of the molecule is COc1cc(Br)c(C(O)C#N)cc1OC. The van der Waals surface area contributed by atoms with Crippen molar-refractivity contribution in [3.63, 3.8) is 0 Å². The van der Waals surface area contributed by atoms with Gasteiger partial charge in [0.2, 0.25) is 0 Å². The summed E-state index contributed by atoms with van der Waals surface area (Å²) in [5.74, 6) is 1.02. The number of aliphatic hydroxyl groups excluding tert-OH is 1. The van der Waals surface area contributed by atoms with Crippen molar-refractivity contribution in [3.05, 3.63) is 22.2 Å². The number of methoxy groups -OCH3 is 2. The van der Waals surface area contributed by atoms with Crippen molar-refractivity contribution in [2.75, 3.05) is 14.2 Å². The average molecular weight is 272 g/mol. The van der Waals surface area contributed by atoms with Gasteiger partial charge < -0.3 is 14.6 Å². The first-order valence-corrected chi connectivity index (χ1v) is 4.92. The number of nitrogens with zero attached hydrogens (tertiary/aromatic N) is 1. The van der Waals surface area contributed by atoms with E-state index in [0.717, 1.165) is 0 Å². The Balaban J connectivity index is 3.27. The second-order valence-electron chi connectivity index (χ2n) is 2.76. The number of aliphatic hydroxyl groups is 1. The van der Waals surface area contributed by atoms with Gasteiger partial charge in [-0.2, -0.15) is 5.26 Å². The number of ether oxygens (including phenoxy) is 2. The standard InChI is InChI=1S/C10H10BrNO3/c1-14-9-3-6(8(13)5-12)7(11)4-10(9)15-2/h3-4,8,13H,1-2H3. The summed E-state index contributed by atoms with van der Waals surface area (Å²) in [6.07, 6.45) is -1.18. The van der Waals surface area contributed by atoms with E-state index in [0.29, 0.717) is 21.5 Å². The third-order valence-corrected chi connectivity index (χ3v) is 2.61. The van der Waals surface area contributed by atoms with Crippen molar-refractivity contribution < 1.29 is 14.6 Å². The molecule has 1 N–H and O–H groups in total. The van der Waals surface area contributed by atoms with E-state index < -0.39 is 6.10 Å². The number of benzene rings is 1. The molecule has 0 aliphatic heterocycles. The van der Waals surface area contributed by atoms with E-state index in [1.54, 1.807) is 18.2 Å². The summed E-state index contributed by atoms with van der Waals surface area (Å²) < 4.78 is 10.7. The molecule has 1 aromatic rings. The molecule has 0 radical (unpaired) electrons. The minimum Gasteiger partial charge on any atom is -0.493 e. The number of halogens is 1. The smallest absolute Gasteiger partial charge is 0.167 e. The third-order valence-electron chi connectivity index (χ3n) is 1.92. The third kappa shape index (κ3) is 2.41. The molecule has 0 fully saturated rings. The highest BCUT2D eigenvalue weighted by atomic mass is 79.9. The topological polar surface area (TPSA) is 62.5 Å². The van der Waals surface area contributed by atoms with Gasteiger partial charge in [-0.1, -0.05) is 15.9 Å². The average Bonchev–Trinajstić information content (AvgIpc) is 2.27. The van der Waals surface area contributed by atoms with Gasteiger partial charge in [0.25, 0.3) is 0 Å². The van der Waals surface area contributed by atoms with Crippen LogP contribution in [0, 0.1) is 11.3 Å². The van der Waals surface area contributed by atoms with Crippen LogP contribution in [0.1, 0.15) is 11.7 Å². The van der Waals surface area contributed by atoms with Crippen LogP contribution in [0.2, 0.25) is 0 Å². The highest BCUT2D eigenvalue weighted by Gasteiger charge is 2.15. The second-order valence-corrected chi connectivity index (χ2v) is 3.61. The van der Waals surface area contributed by atoms with E-state index in [4.69, 9.17) is 14.7 Å². The van der Waals surface area contributed by atoms with Crippen molar-refractivity contribution in [2.45, 2.75) is 6.10 Å². The van der Waals surface area contributed by atoms with E-state index >= 15 is 0 Å². The van der Waals surface area contributed by atoms with Crippen molar-refractivity contribution in [1.29, 1.82) is 5.26 Å². The zero-order valence-corrected chi connectivity index (χ0v) is 9.91. The highest BCUT2D eigenvalue weighted by Crippen LogP contribution is 2.35. The van der Waals surface area contributed by atoms with Crippen molar-refractivity contribution in [3.8, 4) is 17.6 Å². The van der Waals surface area contributed by atoms with Gasteiger partial charge in [-0.3, -0.25) is 0 Å². The Kier molecular flexibility index (Phi) is 3.95. The molecular weight excluding hydrogens is 262 g/mol. The molecule has 4 nitrogen and oxygen atoms in total. The van der Waals surface area contributed by atoms with Gasteiger partial charge in [-0.15, -0.1) is 0 Å². The number of hydrogen-bond acceptors (Lipinski definition) is 4. The van der Waals surface area contributed by atoms with Crippen LogP contribution in [0.25, 0.3) is 0 Å². The fourth-order valence-corrected chi connectivity index (χ4v) is 1.69. The molecule has 1 atom stereocenters. The molecule has 0 saturated carbocycles. The first-order chi connectivity index (χ1) is 7.13. The maximum Gasteiger partial charge on any atom is 0.167 e. The normalized spacial score (nSPS) is 11.7. The molecule has 0 aliphatic rings. The van der Waals surface area contributed by atoms with Crippen molar-refractivity contribution in [2.24, 2.45) is 0 Å². The molecule has 0 bridgehead atoms. The van der Waals surface area contributed by atoms with Gasteiger partial charge in [-0.25, -0.2) is 0 Å². The molecule has 80 valence electrons. The van der Waals surface area contributed by atoms with Crippen LogP contribution >= 0.6 is 15.9 Å². The van der Waals surface area contributed by atoms with Gasteiger partial charge in [0.05, 0.1) is 20.3 Å². The molecule has 1 unspecified atom stereocenters. The second kappa shape index (κ2) is 5.01. The molecule has 1 aromatic carbocycles. The Bertz CT molecular complexity index is 400. The van der Waals surface area contributed by atoms with Crippen LogP contribution in [0.3, 0.4) is 0 Å². The van der Waals surface area contributed by atoms with Gasteiger partial charge in [0.1, 0.15) is 0 Å². The number of hydrogen-bond donors (Lipinski definition) is 1.